The molecule has 128 valence electrons. The Bertz CT molecular complexity index is 604. The second kappa shape index (κ2) is 8.37. The molecule has 2 N–H and O–H groups in total. The van der Waals surface area contributed by atoms with Crippen molar-refractivity contribution >= 4 is 0 Å². The lowest BCUT2D eigenvalue weighted by Crippen LogP contribution is -2.38. The standard InChI is InChI=1S/C19H22O5/c20-11-16-17(22-12-14-7-3-1-4-8-14)18(19(21)24-16)23-13-15-9-5-2-6-10-15/h1-10,16-21H,11-13H2/t16-,17-,18+,19-/m1/s1. The van der Waals surface area contributed by atoms with E-state index in [-0.39, 0.29) is 6.61 Å². The van der Waals surface area contributed by atoms with Crippen LogP contribution in [0.25, 0.3) is 0 Å². The summed E-state index contributed by atoms with van der Waals surface area (Å²) in [4.78, 5) is 0. The van der Waals surface area contributed by atoms with Crippen LogP contribution in [0.4, 0.5) is 0 Å². The van der Waals surface area contributed by atoms with Crippen molar-refractivity contribution < 1.29 is 24.4 Å². The third kappa shape index (κ3) is 4.20. The summed E-state index contributed by atoms with van der Waals surface area (Å²) in [6.07, 6.45) is -2.91. The summed E-state index contributed by atoms with van der Waals surface area (Å²) in [6, 6.07) is 19.4. The molecule has 1 heterocycles. The second-order valence-corrected chi connectivity index (χ2v) is 5.77. The maximum atomic E-state index is 10.1. The molecular weight excluding hydrogens is 308 g/mol. The highest BCUT2D eigenvalue weighted by atomic mass is 16.7. The van der Waals surface area contributed by atoms with Crippen LogP contribution in [0.15, 0.2) is 60.7 Å². The molecule has 3 rings (SSSR count). The molecule has 1 fully saturated rings. The zero-order chi connectivity index (χ0) is 16.8. The van der Waals surface area contributed by atoms with Crippen LogP contribution >= 0.6 is 0 Å². The summed E-state index contributed by atoms with van der Waals surface area (Å²) in [6.45, 7) is 0.472. The smallest absolute Gasteiger partial charge is 0.184 e. The van der Waals surface area contributed by atoms with Gasteiger partial charge in [-0.25, -0.2) is 0 Å². The van der Waals surface area contributed by atoms with Crippen LogP contribution < -0.4 is 0 Å². The molecule has 0 aromatic heterocycles. The van der Waals surface area contributed by atoms with E-state index in [9.17, 15) is 10.2 Å². The molecule has 2 aromatic carbocycles. The van der Waals surface area contributed by atoms with Crippen LogP contribution in [-0.4, -0.2) is 41.4 Å². The van der Waals surface area contributed by atoms with Gasteiger partial charge in [-0.1, -0.05) is 60.7 Å². The molecule has 2 aromatic rings. The van der Waals surface area contributed by atoms with E-state index in [1.165, 1.54) is 0 Å². The zero-order valence-corrected chi connectivity index (χ0v) is 13.3. The van der Waals surface area contributed by atoms with Gasteiger partial charge < -0.3 is 24.4 Å². The molecule has 1 saturated heterocycles. The van der Waals surface area contributed by atoms with Gasteiger partial charge in [0.2, 0.25) is 0 Å². The van der Waals surface area contributed by atoms with E-state index in [0.29, 0.717) is 13.2 Å². The Kier molecular flexibility index (Phi) is 5.96. The minimum absolute atomic E-state index is 0.234. The Morgan fingerprint density at radius 3 is 1.79 bits per heavy atom. The highest BCUT2D eigenvalue weighted by Crippen LogP contribution is 2.27. The number of ether oxygens (including phenoxy) is 3. The molecule has 1 aliphatic rings. The SMILES string of the molecule is OC[C@H]1O[C@@H](O)[C@@H](OCc2ccccc2)[C@@H]1OCc1ccccc1. The monoisotopic (exact) mass is 330 g/mol. The zero-order valence-electron chi connectivity index (χ0n) is 13.3. The van der Waals surface area contributed by atoms with E-state index in [0.717, 1.165) is 11.1 Å². The Balaban J connectivity index is 1.63. The Hall–Kier alpha value is -1.76. The van der Waals surface area contributed by atoms with Gasteiger partial charge >= 0.3 is 0 Å². The third-order valence-corrected chi connectivity index (χ3v) is 4.04. The topological polar surface area (TPSA) is 68.2 Å². The first-order valence-electron chi connectivity index (χ1n) is 8.03. The van der Waals surface area contributed by atoms with Crippen molar-refractivity contribution in [2.75, 3.05) is 6.61 Å². The third-order valence-electron chi connectivity index (χ3n) is 4.04. The molecule has 4 atom stereocenters. The van der Waals surface area contributed by atoms with Gasteiger partial charge in [-0.15, -0.1) is 0 Å². The molecule has 5 nitrogen and oxygen atoms in total. The van der Waals surface area contributed by atoms with Crippen molar-refractivity contribution in [2.45, 2.75) is 37.8 Å². The van der Waals surface area contributed by atoms with Crippen LogP contribution in [0.2, 0.25) is 0 Å². The summed E-state index contributed by atoms with van der Waals surface area (Å²) in [7, 11) is 0. The van der Waals surface area contributed by atoms with Crippen LogP contribution in [0.1, 0.15) is 11.1 Å². The molecule has 5 heteroatoms. The van der Waals surface area contributed by atoms with E-state index < -0.39 is 24.6 Å². The Morgan fingerprint density at radius 1 is 0.792 bits per heavy atom. The second-order valence-electron chi connectivity index (χ2n) is 5.77. The van der Waals surface area contributed by atoms with E-state index >= 15 is 0 Å². The van der Waals surface area contributed by atoms with Gasteiger partial charge in [-0.2, -0.15) is 0 Å². The molecule has 1 aliphatic heterocycles. The van der Waals surface area contributed by atoms with E-state index in [4.69, 9.17) is 14.2 Å². The fraction of sp³-hybridized carbons (Fsp3) is 0.368. The largest absolute Gasteiger partial charge is 0.394 e. The fourth-order valence-corrected chi connectivity index (χ4v) is 2.77. The molecular formula is C19H22O5. The summed E-state index contributed by atoms with van der Waals surface area (Å²) in [5, 5.41) is 19.6. The van der Waals surface area contributed by atoms with Crippen LogP contribution in [0.3, 0.4) is 0 Å². The number of hydrogen-bond donors (Lipinski definition) is 2. The number of aliphatic hydroxyl groups excluding tert-OH is 2. The molecule has 0 amide bonds. The first kappa shape index (κ1) is 17.1. The minimum Gasteiger partial charge on any atom is -0.394 e. The average molecular weight is 330 g/mol. The highest BCUT2D eigenvalue weighted by Gasteiger charge is 2.45. The minimum atomic E-state index is -1.12. The maximum Gasteiger partial charge on any atom is 0.184 e. The van der Waals surface area contributed by atoms with Gasteiger partial charge in [0.1, 0.15) is 18.3 Å². The molecule has 0 bridgehead atoms. The predicted molar refractivity (Wildman–Crippen MR) is 88.0 cm³/mol. The molecule has 0 unspecified atom stereocenters. The number of rotatable bonds is 7. The van der Waals surface area contributed by atoms with Crippen molar-refractivity contribution in [1.29, 1.82) is 0 Å². The van der Waals surface area contributed by atoms with Gasteiger partial charge in [0.25, 0.3) is 0 Å². The first-order valence-corrected chi connectivity index (χ1v) is 8.03. The summed E-state index contributed by atoms with van der Waals surface area (Å²) >= 11 is 0. The van der Waals surface area contributed by atoms with Gasteiger partial charge in [0.05, 0.1) is 19.8 Å². The van der Waals surface area contributed by atoms with E-state index in [2.05, 4.69) is 0 Å². The first-order chi connectivity index (χ1) is 11.8. The summed E-state index contributed by atoms with van der Waals surface area (Å²) in [5.41, 5.74) is 2.01. The molecule has 0 radical (unpaired) electrons. The summed E-state index contributed by atoms with van der Waals surface area (Å²) in [5.74, 6) is 0. The van der Waals surface area contributed by atoms with Gasteiger partial charge in [-0.05, 0) is 11.1 Å². The normalized spacial score (nSPS) is 26.6. The molecule has 0 aliphatic carbocycles. The fourth-order valence-electron chi connectivity index (χ4n) is 2.77. The lowest BCUT2D eigenvalue weighted by molar-refractivity contribution is -0.151. The summed E-state index contributed by atoms with van der Waals surface area (Å²) < 4.78 is 17.1. The van der Waals surface area contributed by atoms with Crippen LogP contribution in [0, 0.1) is 0 Å². The lowest BCUT2D eigenvalue weighted by atomic mass is 10.1. The van der Waals surface area contributed by atoms with Crippen molar-refractivity contribution in [3.8, 4) is 0 Å². The van der Waals surface area contributed by atoms with Crippen LogP contribution in [0.5, 0.6) is 0 Å². The van der Waals surface area contributed by atoms with Crippen molar-refractivity contribution in [1.82, 2.24) is 0 Å². The van der Waals surface area contributed by atoms with Crippen molar-refractivity contribution in [2.24, 2.45) is 0 Å². The average Bonchev–Trinajstić information content (AvgIpc) is 2.94. The van der Waals surface area contributed by atoms with E-state index in [1.54, 1.807) is 0 Å². The van der Waals surface area contributed by atoms with Gasteiger partial charge in [0.15, 0.2) is 6.29 Å². The van der Waals surface area contributed by atoms with Crippen molar-refractivity contribution in [3.63, 3.8) is 0 Å². The van der Waals surface area contributed by atoms with Crippen molar-refractivity contribution in [3.05, 3.63) is 71.8 Å². The molecule has 0 spiro atoms. The Labute approximate surface area is 141 Å². The number of benzene rings is 2. The lowest BCUT2D eigenvalue weighted by Gasteiger charge is -2.23. The number of hydrogen-bond acceptors (Lipinski definition) is 5. The maximum absolute atomic E-state index is 10.1. The molecule has 24 heavy (non-hydrogen) atoms. The van der Waals surface area contributed by atoms with Crippen LogP contribution in [-0.2, 0) is 27.4 Å². The quantitative estimate of drug-likeness (QED) is 0.811. The number of aliphatic hydroxyl groups is 2. The highest BCUT2D eigenvalue weighted by molar-refractivity contribution is 5.14. The molecule has 0 saturated carbocycles. The van der Waals surface area contributed by atoms with Gasteiger partial charge in [-0.3, -0.25) is 0 Å². The predicted octanol–water partition coefficient (Wildman–Crippen LogP) is 1.87. The Morgan fingerprint density at radius 2 is 1.29 bits per heavy atom. The van der Waals surface area contributed by atoms with Gasteiger partial charge in [0, 0.05) is 0 Å². The van der Waals surface area contributed by atoms with E-state index in [1.807, 2.05) is 60.7 Å².